The van der Waals surface area contributed by atoms with Gasteiger partial charge in [-0.15, -0.1) is 0 Å². The molecule has 0 spiro atoms. The van der Waals surface area contributed by atoms with Crippen LogP contribution in [0.4, 0.5) is 0 Å². The average molecular weight is 424 g/mol. The SMILES string of the molecule is CCCCCC(=O)NC(CSCC=C(C)CCC=C(C)CCC=C(C)C)C(=O)O. The van der Waals surface area contributed by atoms with E-state index in [1.165, 1.54) is 16.7 Å². The molecule has 0 aliphatic carbocycles. The fourth-order valence-electron chi connectivity index (χ4n) is 2.70. The van der Waals surface area contributed by atoms with Crippen molar-refractivity contribution in [1.29, 1.82) is 0 Å². The van der Waals surface area contributed by atoms with Gasteiger partial charge in [-0.1, -0.05) is 54.7 Å². The smallest absolute Gasteiger partial charge is 0.327 e. The first-order valence-electron chi connectivity index (χ1n) is 10.8. The van der Waals surface area contributed by atoms with Gasteiger partial charge in [0, 0.05) is 17.9 Å². The van der Waals surface area contributed by atoms with Crippen LogP contribution < -0.4 is 5.32 Å². The van der Waals surface area contributed by atoms with Crippen LogP contribution in [0.5, 0.6) is 0 Å². The predicted octanol–water partition coefficient (Wildman–Crippen LogP) is 6.29. The summed E-state index contributed by atoms with van der Waals surface area (Å²) in [4.78, 5) is 23.2. The summed E-state index contributed by atoms with van der Waals surface area (Å²) in [6, 6.07) is -0.811. The Hall–Kier alpha value is -1.49. The van der Waals surface area contributed by atoms with E-state index in [0.29, 0.717) is 12.2 Å². The fourth-order valence-corrected chi connectivity index (χ4v) is 3.70. The molecule has 2 N–H and O–H groups in total. The Morgan fingerprint density at radius 3 is 2.14 bits per heavy atom. The van der Waals surface area contributed by atoms with E-state index in [2.05, 4.69) is 58.2 Å². The molecule has 5 heteroatoms. The number of hydrogen-bond donors (Lipinski definition) is 2. The van der Waals surface area contributed by atoms with Crippen LogP contribution in [0.1, 0.15) is 86.0 Å². The summed E-state index contributed by atoms with van der Waals surface area (Å²) in [6.07, 6.45) is 14.3. The van der Waals surface area contributed by atoms with Crippen LogP contribution in [-0.2, 0) is 9.59 Å². The van der Waals surface area contributed by atoms with Crippen LogP contribution in [0.25, 0.3) is 0 Å². The maximum absolute atomic E-state index is 11.8. The topological polar surface area (TPSA) is 66.4 Å². The van der Waals surface area contributed by atoms with Gasteiger partial charge in [0.05, 0.1) is 0 Å². The molecule has 0 saturated heterocycles. The van der Waals surface area contributed by atoms with Gasteiger partial charge in [-0.25, -0.2) is 4.79 Å². The Morgan fingerprint density at radius 2 is 1.55 bits per heavy atom. The van der Waals surface area contributed by atoms with Crippen molar-refractivity contribution in [2.24, 2.45) is 0 Å². The van der Waals surface area contributed by atoms with Crippen LogP contribution in [0, 0.1) is 0 Å². The van der Waals surface area contributed by atoms with E-state index in [9.17, 15) is 14.7 Å². The minimum Gasteiger partial charge on any atom is -0.480 e. The van der Waals surface area contributed by atoms with E-state index >= 15 is 0 Å². The highest BCUT2D eigenvalue weighted by Gasteiger charge is 2.19. The van der Waals surface area contributed by atoms with E-state index < -0.39 is 12.0 Å². The molecular formula is C24H41NO3S. The number of carboxylic acid groups (broad SMARTS) is 1. The summed E-state index contributed by atoms with van der Waals surface area (Å²) >= 11 is 1.55. The van der Waals surface area contributed by atoms with Crippen molar-refractivity contribution in [3.63, 3.8) is 0 Å². The molecule has 1 atom stereocenters. The van der Waals surface area contributed by atoms with E-state index in [1.54, 1.807) is 11.8 Å². The van der Waals surface area contributed by atoms with Gasteiger partial charge in [-0.2, -0.15) is 11.8 Å². The molecule has 29 heavy (non-hydrogen) atoms. The van der Waals surface area contributed by atoms with Crippen LogP contribution in [0.3, 0.4) is 0 Å². The first-order valence-corrected chi connectivity index (χ1v) is 12.0. The molecule has 4 nitrogen and oxygen atoms in total. The lowest BCUT2D eigenvalue weighted by Gasteiger charge is -2.13. The summed E-state index contributed by atoms with van der Waals surface area (Å²) in [7, 11) is 0. The second-order valence-corrected chi connectivity index (χ2v) is 8.99. The summed E-state index contributed by atoms with van der Waals surface area (Å²) in [5.74, 6) is 0.0350. The Bertz CT molecular complexity index is 575. The number of carbonyl (C=O) groups is 2. The Labute approximate surface area is 182 Å². The third-order valence-electron chi connectivity index (χ3n) is 4.60. The molecule has 166 valence electrons. The number of carboxylic acids is 1. The Morgan fingerprint density at radius 1 is 0.931 bits per heavy atom. The van der Waals surface area contributed by atoms with Crippen molar-refractivity contribution < 1.29 is 14.7 Å². The second-order valence-electron chi connectivity index (χ2n) is 7.91. The normalized spacial score (nSPS) is 13.1. The first-order chi connectivity index (χ1) is 13.8. The van der Waals surface area contributed by atoms with E-state index in [-0.39, 0.29) is 5.91 Å². The molecule has 0 saturated carbocycles. The van der Waals surface area contributed by atoms with Gasteiger partial charge in [-0.3, -0.25) is 4.79 Å². The largest absolute Gasteiger partial charge is 0.480 e. The monoisotopic (exact) mass is 423 g/mol. The molecule has 0 heterocycles. The van der Waals surface area contributed by atoms with E-state index in [0.717, 1.165) is 50.7 Å². The van der Waals surface area contributed by atoms with Gasteiger partial charge in [-0.05, 0) is 59.8 Å². The molecule has 0 aromatic carbocycles. The van der Waals surface area contributed by atoms with Crippen molar-refractivity contribution >= 4 is 23.6 Å². The van der Waals surface area contributed by atoms with Gasteiger partial charge in [0.2, 0.25) is 5.91 Å². The molecule has 1 unspecified atom stereocenters. The third kappa shape index (κ3) is 17.1. The number of allylic oxidation sites excluding steroid dienone is 5. The van der Waals surface area contributed by atoms with Crippen LogP contribution in [0.2, 0.25) is 0 Å². The summed E-state index contributed by atoms with van der Waals surface area (Å²) in [5.41, 5.74) is 4.13. The molecule has 0 aromatic heterocycles. The van der Waals surface area contributed by atoms with Crippen molar-refractivity contribution in [1.82, 2.24) is 5.32 Å². The van der Waals surface area contributed by atoms with Gasteiger partial charge < -0.3 is 10.4 Å². The van der Waals surface area contributed by atoms with Crippen molar-refractivity contribution in [3.05, 3.63) is 34.9 Å². The molecule has 0 radical (unpaired) electrons. The van der Waals surface area contributed by atoms with E-state index in [4.69, 9.17) is 0 Å². The minimum absolute atomic E-state index is 0.162. The number of aliphatic carboxylic acids is 1. The lowest BCUT2D eigenvalue weighted by Crippen LogP contribution is -2.42. The summed E-state index contributed by atoms with van der Waals surface area (Å²) < 4.78 is 0. The zero-order valence-corrected chi connectivity index (χ0v) is 19.9. The number of carbonyl (C=O) groups excluding carboxylic acids is 1. The number of nitrogens with one attached hydrogen (secondary N) is 1. The van der Waals surface area contributed by atoms with Gasteiger partial charge in [0.15, 0.2) is 0 Å². The van der Waals surface area contributed by atoms with Gasteiger partial charge in [0.1, 0.15) is 6.04 Å². The number of hydrogen-bond acceptors (Lipinski definition) is 3. The lowest BCUT2D eigenvalue weighted by molar-refractivity contribution is -0.141. The molecule has 0 aliphatic heterocycles. The predicted molar refractivity (Wildman–Crippen MR) is 126 cm³/mol. The lowest BCUT2D eigenvalue weighted by atomic mass is 10.1. The summed E-state index contributed by atoms with van der Waals surface area (Å²) in [6.45, 7) is 10.7. The molecule has 1 amide bonds. The molecular weight excluding hydrogens is 382 g/mol. The van der Waals surface area contributed by atoms with Crippen LogP contribution >= 0.6 is 11.8 Å². The second kappa shape index (κ2) is 17.4. The molecule has 0 bridgehead atoms. The highest BCUT2D eigenvalue weighted by Crippen LogP contribution is 2.13. The van der Waals surface area contributed by atoms with Crippen molar-refractivity contribution in [3.8, 4) is 0 Å². The zero-order valence-electron chi connectivity index (χ0n) is 19.1. The number of thioether (sulfide) groups is 1. The highest BCUT2D eigenvalue weighted by molar-refractivity contribution is 7.99. The summed E-state index contributed by atoms with van der Waals surface area (Å²) in [5, 5.41) is 12.0. The van der Waals surface area contributed by atoms with Gasteiger partial charge >= 0.3 is 5.97 Å². The molecule has 0 rings (SSSR count). The maximum atomic E-state index is 11.8. The zero-order chi connectivity index (χ0) is 22.1. The molecule has 0 aliphatic rings. The molecule has 0 fully saturated rings. The third-order valence-corrected chi connectivity index (χ3v) is 5.57. The number of amides is 1. The average Bonchev–Trinajstić information content (AvgIpc) is 2.64. The van der Waals surface area contributed by atoms with Crippen molar-refractivity contribution in [2.75, 3.05) is 11.5 Å². The number of unbranched alkanes of at least 4 members (excludes halogenated alkanes) is 2. The van der Waals surface area contributed by atoms with Gasteiger partial charge in [0.25, 0.3) is 0 Å². The molecule has 0 aromatic rings. The maximum Gasteiger partial charge on any atom is 0.327 e. The Kier molecular flexibility index (Phi) is 16.5. The standard InChI is InChI=1S/C24H41NO3S/c1-6-7-8-15-23(26)25-22(24(27)28)18-29-17-16-21(5)14-10-13-20(4)12-9-11-19(2)3/h11,13,16,22H,6-10,12,14-15,17-18H2,1-5H3,(H,25,26)(H,27,28). The van der Waals surface area contributed by atoms with Crippen molar-refractivity contribution in [2.45, 2.75) is 92.0 Å². The first kappa shape index (κ1) is 27.5. The minimum atomic E-state index is -0.962. The quantitative estimate of drug-likeness (QED) is 0.226. The highest BCUT2D eigenvalue weighted by atomic mass is 32.2. The van der Waals surface area contributed by atoms with Crippen LogP contribution in [-0.4, -0.2) is 34.5 Å². The Balaban J connectivity index is 4.15. The fraction of sp³-hybridized carbons (Fsp3) is 0.667. The van der Waals surface area contributed by atoms with E-state index in [1.807, 2.05) is 0 Å². The number of rotatable bonds is 16. The van der Waals surface area contributed by atoms with Crippen LogP contribution in [0.15, 0.2) is 34.9 Å².